The Bertz CT molecular complexity index is 760. The summed E-state index contributed by atoms with van der Waals surface area (Å²) in [6, 6.07) is 0. The first kappa shape index (κ1) is 19.7. The van der Waals surface area contributed by atoms with Crippen molar-refractivity contribution in [1.82, 2.24) is 0 Å². The number of unbranched alkanes of at least 4 members (excludes halogenated alkanes) is 12. The molecule has 2 atom stereocenters. The van der Waals surface area contributed by atoms with Gasteiger partial charge in [-0.1, -0.05) is 84.0 Å². The number of phosphoric acid groups is 1. The second-order valence-electron chi connectivity index (χ2n) is 8.44. The number of esters is 1. The van der Waals surface area contributed by atoms with Gasteiger partial charge in [0.05, 0.1) is 39.9 Å². The zero-order chi connectivity index (χ0) is 32.5. The van der Waals surface area contributed by atoms with Crippen LogP contribution in [-0.2, 0) is 23.1 Å². The molecule has 0 rings (SSSR count). The van der Waals surface area contributed by atoms with Crippen LogP contribution in [0.1, 0.15) is 109 Å². The Morgan fingerprint density at radius 3 is 1.94 bits per heavy atom. The average Bonchev–Trinajstić information content (AvgIpc) is 2.84. The first-order chi connectivity index (χ1) is 19.3. The highest BCUT2D eigenvalue weighted by Gasteiger charge is 2.16. The van der Waals surface area contributed by atoms with Gasteiger partial charge in [-0.25, -0.2) is 0 Å². The van der Waals surface area contributed by atoms with E-state index in [1.165, 1.54) is 57.8 Å². The first-order valence-electron chi connectivity index (χ1n) is 16.6. The molecule has 198 valence electrons. The van der Waals surface area contributed by atoms with E-state index in [9.17, 15) is 19.4 Å². The molecule has 0 aliphatic carbocycles. The molecule has 0 spiro atoms. The number of aliphatic hydroxyl groups excluding tert-OH is 1. The lowest BCUT2D eigenvalue weighted by Gasteiger charge is -2.27. The molecule has 0 amide bonds. The Kier molecular flexibility index (Phi) is 11.8. The van der Waals surface area contributed by atoms with Crippen molar-refractivity contribution in [2.45, 2.75) is 103 Å². The molecule has 0 aromatic rings. The van der Waals surface area contributed by atoms with E-state index < -0.39 is 71.7 Å². The van der Waals surface area contributed by atoms with E-state index in [1.54, 1.807) is 0 Å². The minimum Gasteiger partial charge on any atom is -0.756 e. The van der Waals surface area contributed by atoms with Crippen molar-refractivity contribution in [3.63, 3.8) is 0 Å². The molecule has 8 nitrogen and oxygen atoms in total. The molecule has 0 radical (unpaired) electrons. The summed E-state index contributed by atoms with van der Waals surface area (Å²) in [5.74, 6) is -0.549. The number of carbonyl (C=O) groups excluding carboxylic acids is 1. The van der Waals surface area contributed by atoms with Crippen LogP contribution in [0.2, 0.25) is 0 Å². The summed E-state index contributed by atoms with van der Waals surface area (Å²) < 4.78 is 91.0. The van der Waals surface area contributed by atoms with E-state index >= 15 is 0 Å². The lowest BCUT2D eigenvalue weighted by atomic mass is 10.0. The average molecular weight is 505 g/mol. The van der Waals surface area contributed by atoms with Gasteiger partial charge in [0.2, 0.25) is 0 Å². The van der Waals surface area contributed by atoms with Crippen molar-refractivity contribution >= 4 is 13.8 Å². The Morgan fingerprint density at radius 1 is 0.909 bits per heavy atom. The predicted molar refractivity (Wildman–Crippen MR) is 130 cm³/mol. The molecular weight excluding hydrogens is 445 g/mol. The van der Waals surface area contributed by atoms with E-state index in [2.05, 4.69) is 16.0 Å². The van der Waals surface area contributed by atoms with Gasteiger partial charge >= 0.3 is 5.97 Å². The van der Waals surface area contributed by atoms with Crippen molar-refractivity contribution in [1.29, 1.82) is 0 Å². The number of phosphoric ester groups is 1. The molecule has 0 heterocycles. The number of hydrogen-bond acceptors (Lipinski definition) is 7. The fourth-order valence-electron chi connectivity index (χ4n) is 3.10. The first-order valence-corrected chi connectivity index (χ1v) is 13.6. The van der Waals surface area contributed by atoms with Crippen molar-refractivity contribution in [2.24, 2.45) is 0 Å². The Morgan fingerprint density at radius 2 is 1.42 bits per heavy atom. The summed E-state index contributed by atoms with van der Waals surface area (Å²) in [6.45, 7) is -12.2. The van der Waals surface area contributed by atoms with E-state index in [0.29, 0.717) is 6.42 Å². The maximum atomic E-state index is 12.0. The third kappa shape index (κ3) is 24.4. The highest BCUT2D eigenvalue weighted by Crippen LogP contribution is 2.38. The summed E-state index contributed by atoms with van der Waals surface area (Å²) in [5, 5.41) is 9.88. The van der Waals surface area contributed by atoms with Crippen molar-refractivity contribution < 1.29 is 50.0 Å². The quantitative estimate of drug-likeness (QED) is 0.0940. The summed E-state index contributed by atoms with van der Waals surface area (Å²) in [4.78, 5) is 23.9. The second-order valence-corrected chi connectivity index (χ2v) is 9.85. The van der Waals surface area contributed by atoms with E-state index in [0.717, 1.165) is 19.3 Å². The molecule has 0 aromatic heterocycles. The molecule has 1 unspecified atom stereocenters. The van der Waals surface area contributed by atoms with Crippen LogP contribution in [0, 0.1) is 0 Å². The topological polar surface area (TPSA) is 105 Å². The highest BCUT2D eigenvalue weighted by molar-refractivity contribution is 7.45. The minimum absolute atomic E-state index is 0.158. The van der Waals surface area contributed by atoms with Crippen molar-refractivity contribution in [2.75, 3.05) is 47.3 Å². The Labute approximate surface area is 214 Å². The molecule has 0 aromatic carbocycles. The smallest absolute Gasteiger partial charge is 0.305 e. The molecule has 1 N–H and O–H groups in total. The SMILES string of the molecule is [2H]C([2H])([2H])[N+](CCOP(=O)([O-])OC[C@H](O)COC(=O)CCCCCCCCCCCCCCC)(C([2H])([2H])[2H])C([2H])([2H])[2H]. The molecule has 9 heteroatoms. The lowest BCUT2D eigenvalue weighted by Crippen LogP contribution is -2.37. The zero-order valence-electron chi connectivity index (χ0n) is 29.1. The van der Waals surface area contributed by atoms with Gasteiger partial charge in [-0.3, -0.25) is 9.36 Å². The van der Waals surface area contributed by atoms with Crippen LogP contribution in [0.25, 0.3) is 0 Å². The van der Waals surface area contributed by atoms with Gasteiger partial charge in [-0.2, -0.15) is 0 Å². The summed E-state index contributed by atoms with van der Waals surface area (Å²) in [5.41, 5.74) is 0. The van der Waals surface area contributed by atoms with Gasteiger partial charge in [-0.15, -0.1) is 0 Å². The van der Waals surface area contributed by atoms with E-state index in [-0.39, 0.29) is 6.42 Å². The van der Waals surface area contributed by atoms with Crippen molar-refractivity contribution in [3.05, 3.63) is 0 Å². The number of nitrogens with zero attached hydrogens (tertiary/aromatic N) is 1. The number of ether oxygens (including phenoxy) is 1. The molecule has 33 heavy (non-hydrogen) atoms. The third-order valence-corrected chi connectivity index (χ3v) is 5.99. The Balaban J connectivity index is 4.22. The van der Waals surface area contributed by atoms with Gasteiger partial charge in [0.1, 0.15) is 25.9 Å². The van der Waals surface area contributed by atoms with Gasteiger partial charge in [0.15, 0.2) is 0 Å². The van der Waals surface area contributed by atoms with Gasteiger partial charge < -0.3 is 28.3 Å². The van der Waals surface area contributed by atoms with Crippen molar-refractivity contribution in [3.8, 4) is 0 Å². The normalized spacial score (nSPS) is 19.9. The number of aliphatic hydroxyl groups is 1. The summed E-state index contributed by atoms with van der Waals surface area (Å²) in [6.07, 6.45) is 13.8. The minimum atomic E-state index is -5.19. The summed E-state index contributed by atoms with van der Waals surface area (Å²) >= 11 is 0. The highest BCUT2D eigenvalue weighted by atomic mass is 31.2. The fraction of sp³-hybridized carbons (Fsp3) is 0.958. The van der Waals surface area contributed by atoms with Crippen LogP contribution in [0.15, 0.2) is 0 Å². The molecular formula is C24H50NO7P. The molecule has 0 fully saturated rings. The van der Waals surface area contributed by atoms with Gasteiger partial charge in [0, 0.05) is 6.42 Å². The second kappa shape index (κ2) is 19.8. The number of hydrogen-bond donors (Lipinski definition) is 1. The van der Waals surface area contributed by atoms with Gasteiger partial charge in [-0.05, 0) is 6.42 Å². The molecule has 0 saturated carbocycles. The van der Waals surface area contributed by atoms with Crippen LogP contribution in [0.4, 0.5) is 0 Å². The van der Waals surface area contributed by atoms with E-state index in [4.69, 9.17) is 17.1 Å². The molecule has 0 saturated heterocycles. The third-order valence-electron chi connectivity index (χ3n) is 5.02. The van der Waals surface area contributed by atoms with Gasteiger partial charge in [0.25, 0.3) is 7.82 Å². The van der Waals surface area contributed by atoms with Crippen LogP contribution in [-0.4, -0.2) is 69.0 Å². The standard InChI is InChI=1S/C24H50NO7P/c1-5-6-7-8-9-10-11-12-13-14-15-16-17-18-24(27)30-21-23(26)22-32-33(28,29)31-20-19-25(2,3)4/h23,26H,5-22H2,1-4H3/t23-/m1/s1/i2D3,3D3,4D3. The predicted octanol–water partition coefficient (Wildman–Crippen LogP) is 4.58. The number of quaternary nitrogens is 1. The Hall–Kier alpha value is -0.500. The maximum Gasteiger partial charge on any atom is 0.305 e. The van der Waals surface area contributed by atoms with Crippen LogP contribution in [0.3, 0.4) is 0 Å². The summed E-state index contributed by atoms with van der Waals surface area (Å²) in [7, 11) is -5.19. The maximum absolute atomic E-state index is 12.0. The molecule has 0 aliphatic heterocycles. The number of likely N-dealkylation sites (N-methyl/N-ethyl adjacent to an activating group) is 1. The van der Waals surface area contributed by atoms with Crippen LogP contribution >= 0.6 is 7.82 Å². The van der Waals surface area contributed by atoms with E-state index in [1.807, 2.05) is 0 Å². The molecule has 0 bridgehead atoms. The zero-order valence-corrected chi connectivity index (χ0v) is 21.0. The fourth-order valence-corrected chi connectivity index (χ4v) is 3.84. The number of rotatable bonds is 23. The van der Waals surface area contributed by atoms with Crippen LogP contribution < -0.4 is 4.89 Å². The number of carbonyl (C=O) groups is 1. The largest absolute Gasteiger partial charge is 0.756 e. The lowest BCUT2D eigenvalue weighted by molar-refractivity contribution is -0.870. The monoisotopic (exact) mass is 504 g/mol. The van der Waals surface area contributed by atoms with Crippen LogP contribution in [0.5, 0.6) is 0 Å². The molecule has 0 aliphatic rings.